The number of sulfonamides is 1. The van der Waals surface area contributed by atoms with Crippen LogP contribution < -0.4 is 4.72 Å². The Balaban J connectivity index is 2.12. The van der Waals surface area contributed by atoms with Crippen LogP contribution in [0.4, 0.5) is 0 Å². The number of nitrogens with one attached hydrogen (secondary N) is 1. The van der Waals surface area contributed by atoms with E-state index in [1.165, 1.54) is 12.1 Å². The number of hydrogen-bond donors (Lipinski definition) is 1. The molecule has 0 unspecified atom stereocenters. The van der Waals surface area contributed by atoms with Crippen LogP contribution in [0.1, 0.15) is 35.7 Å². The zero-order valence-electron chi connectivity index (χ0n) is 14.5. The van der Waals surface area contributed by atoms with E-state index in [1.807, 2.05) is 0 Å². The van der Waals surface area contributed by atoms with Crippen LogP contribution in [0.15, 0.2) is 53.7 Å². The van der Waals surface area contributed by atoms with E-state index >= 15 is 0 Å². The van der Waals surface area contributed by atoms with Crippen molar-refractivity contribution in [3.8, 4) is 0 Å². The Morgan fingerprint density at radius 3 is 2.60 bits per heavy atom. The lowest BCUT2D eigenvalue weighted by Gasteiger charge is -2.17. The molecule has 6 nitrogen and oxygen atoms in total. The van der Waals surface area contributed by atoms with Crippen molar-refractivity contribution < 1.29 is 13.2 Å². The van der Waals surface area contributed by atoms with Crippen LogP contribution in [0.25, 0.3) is 0 Å². The Hall–Kier alpha value is -2.25. The van der Waals surface area contributed by atoms with Gasteiger partial charge < -0.3 is 4.90 Å². The van der Waals surface area contributed by atoms with E-state index in [4.69, 9.17) is 0 Å². The highest BCUT2D eigenvalue weighted by Crippen LogP contribution is 2.14. The lowest BCUT2D eigenvalue weighted by atomic mass is 10.2. The Morgan fingerprint density at radius 2 is 1.92 bits per heavy atom. The Labute approximate surface area is 148 Å². The number of pyridine rings is 1. The first-order valence-corrected chi connectivity index (χ1v) is 9.66. The molecule has 1 heterocycles. The largest absolute Gasteiger partial charge is 0.342 e. The zero-order chi connectivity index (χ0) is 18.3. The highest BCUT2D eigenvalue weighted by atomic mass is 32.2. The van der Waals surface area contributed by atoms with Crippen molar-refractivity contribution in [1.82, 2.24) is 14.6 Å². The van der Waals surface area contributed by atoms with Crippen LogP contribution in [-0.4, -0.2) is 37.8 Å². The fourth-order valence-corrected chi connectivity index (χ4v) is 3.34. The van der Waals surface area contributed by atoms with Gasteiger partial charge in [-0.3, -0.25) is 9.78 Å². The molecule has 0 spiro atoms. The number of hydrogen-bond acceptors (Lipinski definition) is 4. The second kappa shape index (κ2) is 8.73. The molecule has 0 aliphatic rings. The van der Waals surface area contributed by atoms with Gasteiger partial charge >= 0.3 is 0 Å². The molecule has 1 N–H and O–H groups in total. The third-order valence-electron chi connectivity index (χ3n) is 3.80. The van der Waals surface area contributed by atoms with Gasteiger partial charge in [0, 0.05) is 38.1 Å². The van der Waals surface area contributed by atoms with Crippen molar-refractivity contribution in [3.05, 3.63) is 59.9 Å². The molecule has 134 valence electrons. The van der Waals surface area contributed by atoms with Gasteiger partial charge in [-0.1, -0.05) is 19.4 Å². The highest BCUT2D eigenvalue weighted by molar-refractivity contribution is 7.89. The van der Waals surface area contributed by atoms with Crippen molar-refractivity contribution in [1.29, 1.82) is 0 Å². The average Bonchev–Trinajstić information content (AvgIpc) is 2.65. The number of aromatic nitrogens is 1. The van der Waals surface area contributed by atoms with Gasteiger partial charge in [0.1, 0.15) is 0 Å². The molecule has 0 fully saturated rings. The average molecular weight is 361 g/mol. The minimum absolute atomic E-state index is 0.0799. The summed E-state index contributed by atoms with van der Waals surface area (Å²) in [6.07, 6.45) is 5.11. The van der Waals surface area contributed by atoms with E-state index in [2.05, 4.69) is 16.6 Å². The van der Waals surface area contributed by atoms with Crippen LogP contribution in [0, 0.1) is 0 Å². The third kappa shape index (κ3) is 5.37. The molecule has 25 heavy (non-hydrogen) atoms. The summed E-state index contributed by atoms with van der Waals surface area (Å²) >= 11 is 0. The minimum atomic E-state index is -3.70. The second-order valence-corrected chi connectivity index (χ2v) is 7.56. The number of amides is 1. The first-order valence-electron chi connectivity index (χ1n) is 8.18. The van der Waals surface area contributed by atoms with E-state index < -0.39 is 10.0 Å². The molecule has 0 bridgehead atoms. The molecular weight excluding hydrogens is 338 g/mol. The van der Waals surface area contributed by atoms with Crippen molar-refractivity contribution in [2.24, 2.45) is 0 Å². The topological polar surface area (TPSA) is 79.4 Å². The van der Waals surface area contributed by atoms with E-state index in [1.54, 1.807) is 48.6 Å². The normalized spacial score (nSPS) is 11.3. The van der Waals surface area contributed by atoms with E-state index in [9.17, 15) is 13.2 Å². The summed E-state index contributed by atoms with van der Waals surface area (Å²) in [7, 11) is -1.98. The molecular formula is C18H23N3O3S. The van der Waals surface area contributed by atoms with Crippen LogP contribution in [0.3, 0.4) is 0 Å². The first kappa shape index (κ1) is 19.1. The van der Waals surface area contributed by atoms with Crippen molar-refractivity contribution in [3.63, 3.8) is 0 Å². The third-order valence-corrected chi connectivity index (χ3v) is 5.20. The molecule has 2 rings (SSSR count). The lowest BCUT2D eigenvalue weighted by molar-refractivity contribution is 0.0793. The molecule has 0 radical (unpaired) electrons. The maximum Gasteiger partial charge on any atom is 0.253 e. The molecule has 1 aromatic carbocycles. The van der Waals surface area contributed by atoms with Crippen molar-refractivity contribution in [2.45, 2.75) is 31.2 Å². The quantitative estimate of drug-likeness (QED) is 0.783. The van der Waals surface area contributed by atoms with Crippen LogP contribution in [0.5, 0.6) is 0 Å². The van der Waals surface area contributed by atoms with Gasteiger partial charge in [0.15, 0.2) is 0 Å². The number of benzene rings is 1. The summed E-state index contributed by atoms with van der Waals surface area (Å²) in [5, 5.41) is 0. The molecule has 1 aromatic heterocycles. The SMILES string of the molecule is CCCCN(C)C(=O)c1cccc(S(=O)(=O)NCc2ccncc2)c1. The van der Waals surface area contributed by atoms with Gasteiger partial charge in [-0.2, -0.15) is 0 Å². The van der Waals surface area contributed by atoms with E-state index in [0.29, 0.717) is 12.1 Å². The van der Waals surface area contributed by atoms with E-state index in [-0.39, 0.29) is 17.3 Å². The molecule has 0 saturated carbocycles. The molecule has 0 atom stereocenters. The predicted octanol–water partition coefficient (Wildman–Crippen LogP) is 2.43. The fourth-order valence-electron chi connectivity index (χ4n) is 2.28. The van der Waals surface area contributed by atoms with Gasteiger partial charge in [-0.15, -0.1) is 0 Å². The molecule has 2 aromatic rings. The summed E-state index contributed by atoms with van der Waals surface area (Å²) in [5.74, 6) is -0.181. The standard InChI is InChI=1S/C18H23N3O3S/c1-3-4-12-21(2)18(22)16-6-5-7-17(13-16)25(23,24)20-14-15-8-10-19-11-9-15/h5-11,13,20H,3-4,12,14H2,1-2H3. The Morgan fingerprint density at radius 1 is 1.20 bits per heavy atom. The number of unbranched alkanes of at least 4 members (excludes halogenated alkanes) is 1. The maximum absolute atomic E-state index is 12.5. The number of nitrogens with zero attached hydrogens (tertiary/aromatic N) is 2. The van der Waals surface area contributed by atoms with Crippen LogP contribution in [0.2, 0.25) is 0 Å². The van der Waals surface area contributed by atoms with Crippen LogP contribution in [-0.2, 0) is 16.6 Å². The summed E-state index contributed by atoms with van der Waals surface area (Å²) in [6, 6.07) is 9.60. The van der Waals surface area contributed by atoms with Crippen molar-refractivity contribution in [2.75, 3.05) is 13.6 Å². The van der Waals surface area contributed by atoms with Gasteiger partial charge in [0.05, 0.1) is 4.90 Å². The van der Waals surface area contributed by atoms with E-state index in [0.717, 1.165) is 18.4 Å². The number of carbonyl (C=O) groups is 1. The molecule has 0 aliphatic carbocycles. The van der Waals surface area contributed by atoms with Gasteiger partial charge in [0.25, 0.3) is 5.91 Å². The van der Waals surface area contributed by atoms with Crippen molar-refractivity contribution >= 4 is 15.9 Å². The highest BCUT2D eigenvalue weighted by Gasteiger charge is 2.17. The molecule has 1 amide bonds. The molecule has 0 saturated heterocycles. The Bertz CT molecular complexity index is 807. The van der Waals surface area contributed by atoms with Gasteiger partial charge in [0.2, 0.25) is 10.0 Å². The summed E-state index contributed by atoms with van der Waals surface area (Å²) in [4.78, 5) is 18.0. The first-order chi connectivity index (χ1) is 11.9. The minimum Gasteiger partial charge on any atom is -0.342 e. The Kier molecular flexibility index (Phi) is 6.66. The van der Waals surface area contributed by atoms with Gasteiger partial charge in [-0.05, 0) is 42.3 Å². The summed E-state index contributed by atoms with van der Waals surface area (Å²) in [6.45, 7) is 2.87. The summed E-state index contributed by atoms with van der Waals surface area (Å²) < 4.78 is 27.5. The maximum atomic E-state index is 12.5. The number of carbonyl (C=O) groups excluding carboxylic acids is 1. The number of rotatable bonds is 8. The smallest absolute Gasteiger partial charge is 0.253 e. The zero-order valence-corrected chi connectivity index (χ0v) is 15.3. The predicted molar refractivity (Wildman–Crippen MR) is 96.6 cm³/mol. The van der Waals surface area contributed by atoms with Gasteiger partial charge in [-0.25, -0.2) is 13.1 Å². The lowest BCUT2D eigenvalue weighted by Crippen LogP contribution is -2.28. The second-order valence-electron chi connectivity index (χ2n) is 5.79. The molecule has 7 heteroatoms. The monoisotopic (exact) mass is 361 g/mol. The van der Waals surface area contributed by atoms with Crippen LogP contribution >= 0.6 is 0 Å². The fraction of sp³-hybridized carbons (Fsp3) is 0.333. The summed E-state index contributed by atoms with van der Waals surface area (Å²) in [5.41, 5.74) is 1.18. The molecule has 0 aliphatic heterocycles.